The molecule has 0 aliphatic heterocycles. The summed E-state index contributed by atoms with van der Waals surface area (Å²) >= 11 is 0. The molecule has 0 fully saturated rings. The summed E-state index contributed by atoms with van der Waals surface area (Å²) in [5.74, 6) is 0. The Morgan fingerprint density at radius 2 is 1.77 bits per heavy atom. The van der Waals surface area contributed by atoms with E-state index in [9.17, 15) is 0 Å². The maximum atomic E-state index is 8.81. The third kappa shape index (κ3) is 4.00. The van der Waals surface area contributed by atoms with Gasteiger partial charge in [-0.3, -0.25) is 0 Å². The normalized spacial score (nSPS) is 20.6. The van der Waals surface area contributed by atoms with Crippen LogP contribution in [-0.2, 0) is 0 Å². The highest BCUT2D eigenvalue weighted by Crippen LogP contribution is 2.17. The molecule has 0 aromatic rings. The summed E-state index contributed by atoms with van der Waals surface area (Å²) in [5.41, 5.74) is 4.39. The molecular weight excluding hydrogens is 164 g/mol. The minimum atomic E-state index is -0.726. The van der Waals surface area contributed by atoms with Gasteiger partial charge in [0.05, 0.1) is 6.07 Å². The molecule has 0 spiro atoms. The average Bonchev–Trinajstić information content (AvgIpc) is 2.14. The van der Waals surface area contributed by atoms with Crippen molar-refractivity contribution in [3.05, 3.63) is 0 Å². The van der Waals surface area contributed by atoms with Crippen molar-refractivity contribution in [1.29, 1.82) is 5.26 Å². The second-order valence-corrected chi connectivity index (χ2v) is 3.65. The van der Waals surface area contributed by atoms with Crippen molar-refractivity contribution >= 4 is 0 Å². The Hall–Kier alpha value is -0.950. The van der Waals surface area contributed by atoms with Gasteiger partial charge >= 0.3 is 0 Å². The lowest BCUT2D eigenvalue weighted by Gasteiger charge is -2.18. The van der Waals surface area contributed by atoms with Crippen LogP contribution in [0, 0.1) is 11.3 Å². The molecule has 0 saturated carbocycles. The smallest absolute Gasteiger partial charge is 0.164 e. The molecule has 0 aromatic heterocycles. The second kappa shape index (κ2) is 4.33. The molecule has 0 bridgehead atoms. The van der Waals surface area contributed by atoms with Crippen molar-refractivity contribution in [3.63, 3.8) is 0 Å². The Balaban J connectivity index is 4.51. The molecule has 0 saturated heterocycles. The van der Waals surface area contributed by atoms with Gasteiger partial charge in [-0.1, -0.05) is 13.8 Å². The van der Waals surface area contributed by atoms with Gasteiger partial charge in [-0.2, -0.15) is 15.5 Å². The van der Waals surface area contributed by atoms with Crippen LogP contribution in [0.1, 0.15) is 40.5 Å². The molecule has 4 heteroatoms. The first-order valence-corrected chi connectivity index (χ1v) is 4.53. The summed E-state index contributed by atoms with van der Waals surface area (Å²) < 4.78 is 0. The zero-order valence-electron chi connectivity index (χ0n) is 8.83. The molecule has 0 radical (unpaired) electrons. The largest absolute Gasteiger partial charge is 0.306 e. The van der Waals surface area contributed by atoms with Crippen molar-refractivity contribution in [2.45, 2.75) is 51.7 Å². The first-order valence-electron chi connectivity index (χ1n) is 4.53. The Labute approximate surface area is 79.8 Å². The maximum absolute atomic E-state index is 8.81. The van der Waals surface area contributed by atoms with Crippen molar-refractivity contribution in [2.24, 2.45) is 16.0 Å². The highest BCUT2D eigenvalue weighted by molar-refractivity contribution is 5.02. The first kappa shape index (κ1) is 12.0. The van der Waals surface area contributed by atoms with Crippen molar-refractivity contribution in [1.82, 2.24) is 0 Å². The summed E-state index contributed by atoms with van der Waals surface area (Å²) in [6.45, 7) is 7.39. The van der Waals surface area contributed by atoms with Gasteiger partial charge in [0.1, 0.15) is 5.66 Å². The monoisotopic (exact) mass is 182 g/mol. The minimum absolute atomic E-state index is 0.646. The molecule has 0 aliphatic rings. The van der Waals surface area contributed by atoms with Gasteiger partial charge in [0.2, 0.25) is 0 Å². The zero-order valence-corrected chi connectivity index (χ0v) is 8.83. The number of hydrogen-bond acceptors (Lipinski definition) is 4. The SMILES string of the molecule is CCC(C)(N)N=NC(C)(C#N)CC. The average molecular weight is 182 g/mol. The molecule has 0 aliphatic carbocycles. The van der Waals surface area contributed by atoms with Gasteiger partial charge in [-0.25, -0.2) is 0 Å². The Bertz CT molecular complexity index is 226. The molecule has 74 valence electrons. The van der Waals surface area contributed by atoms with Gasteiger partial charge in [-0.15, -0.1) is 0 Å². The number of nitrogens with two attached hydrogens (primary N) is 1. The van der Waals surface area contributed by atoms with E-state index in [-0.39, 0.29) is 0 Å². The predicted octanol–water partition coefficient (Wildman–Crippen LogP) is 2.22. The van der Waals surface area contributed by atoms with E-state index in [1.807, 2.05) is 13.8 Å². The van der Waals surface area contributed by atoms with Crippen LogP contribution < -0.4 is 5.73 Å². The van der Waals surface area contributed by atoms with Crippen molar-refractivity contribution in [3.8, 4) is 6.07 Å². The molecular formula is C9H18N4. The summed E-state index contributed by atoms with van der Waals surface area (Å²) in [6.07, 6.45) is 1.36. The van der Waals surface area contributed by atoms with Gasteiger partial charge < -0.3 is 5.73 Å². The van der Waals surface area contributed by atoms with Crippen LogP contribution in [0.5, 0.6) is 0 Å². The summed E-state index contributed by atoms with van der Waals surface area (Å²) in [7, 11) is 0. The minimum Gasteiger partial charge on any atom is -0.306 e. The topological polar surface area (TPSA) is 74.5 Å². The van der Waals surface area contributed by atoms with E-state index in [0.717, 1.165) is 0 Å². The van der Waals surface area contributed by atoms with Crippen LogP contribution in [0.25, 0.3) is 0 Å². The molecule has 2 N–H and O–H groups in total. The van der Waals surface area contributed by atoms with E-state index in [1.165, 1.54) is 0 Å². The lowest BCUT2D eigenvalue weighted by atomic mass is 10.0. The highest BCUT2D eigenvalue weighted by Gasteiger charge is 2.22. The van der Waals surface area contributed by atoms with Crippen molar-refractivity contribution < 1.29 is 0 Å². The van der Waals surface area contributed by atoms with E-state index in [0.29, 0.717) is 12.8 Å². The predicted molar refractivity (Wildman–Crippen MR) is 52.0 cm³/mol. The second-order valence-electron chi connectivity index (χ2n) is 3.65. The van der Waals surface area contributed by atoms with Crippen molar-refractivity contribution in [2.75, 3.05) is 0 Å². The lowest BCUT2D eigenvalue weighted by molar-refractivity contribution is 0.413. The third-order valence-corrected chi connectivity index (χ3v) is 2.14. The van der Waals surface area contributed by atoms with E-state index >= 15 is 0 Å². The fraction of sp³-hybridized carbons (Fsp3) is 0.889. The third-order valence-electron chi connectivity index (χ3n) is 2.14. The fourth-order valence-electron chi connectivity index (χ4n) is 0.467. The standard InChI is InChI=1S/C9H18N4/c1-5-8(3,7-10)12-13-9(4,11)6-2/h5-6,11H2,1-4H3. The first-order chi connectivity index (χ1) is 5.89. The van der Waals surface area contributed by atoms with Crippen LogP contribution in [0.4, 0.5) is 0 Å². The maximum Gasteiger partial charge on any atom is 0.164 e. The van der Waals surface area contributed by atoms with Crippen LogP contribution in [0.15, 0.2) is 10.2 Å². The molecule has 13 heavy (non-hydrogen) atoms. The van der Waals surface area contributed by atoms with E-state index in [1.54, 1.807) is 13.8 Å². The Morgan fingerprint density at radius 1 is 1.23 bits per heavy atom. The Morgan fingerprint density at radius 3 is 2.08 bits per heavy atom. The van der Waals surface area contributed by atoms with Gasteiger partial charge in [0.25, 0.3) is 0 Å². The molecule has 0 aromatic carbocycles. The Kier molecular flexibility index (Phi) is 4.02. The van der Waals surface area contributed by atoms with Gasteiger partial charge in [0.15, 0.2) is 5.54 Å². The molecule has 0 amide bonds. The summed E-state index contributed by atoms with van der Waals surface area (Å²) in [4.78, 5) is 0. The number of nitriles is 1. The number of rotatable bonds is 4. The quantitative estimate of drug-likeness (QED) is 0.677. The number of hydrogen-bond donors (Lipinski definition) is 1. The number of nitrogens with zero attached hydrogens (tertiary/aromatic N) is 3. The van der Waals surface area contributed by atoms with Crippen LogP contribution in [-0.4, -0.2) is 11.2 Å². The number of azo groups is 1. The van der Waals surface area contributed by atoms with E-state index in [4.69, 9.17) is 11.0 Å². The van der Waals surface area contributed by atoms with Crippen LogP contribution in [0.2, 0.25) is 0 Å². The van der Waals surface area contributed by atoms with Crippen LogP contribution in [0.3, 0.4) is 0 Å². The van der Waals surface area contributed by atoms with E-state index < -0.39 is 11.2 Å². The van der Waals surface area contributed by atoms with Gasteiger partial charge in [-0.05, 0) is 26.7 Å². The van der Waals surface area contributed by atoms with Crippen LogP contribution >= 0.6 is 0 Å². The van der Waals surface area contributed by atoms with Gasteiger partial charge in [0, 0.05) is 0 Å². The summed E-state index contributed by atoms with van der Waals surface area (Å²) in [6, 6.07) is 2.11. The molecule has 0 rings (SSSR count). The molecule has 2 atom stereocenters. The molecule has 0 heterocycles. The summed E-state index contributed by atoms with van der Waals surface area (Å²) in [5, 5.41) is 16.8. The lowest BCUT2D eigenvalue weighted by Crippen LogP contribution is -2.33. The fourth-order valence-corrected chi connectivity index (χ4v) is 0.467. The molecule has 2 unspecified atom stereocenters. The highest BCUT2D eigenvalue weighted by atomic mass is 15.2. The zero-order chi connectivity index (χ0) is 10.5. The van der Waals surface area contributed by atoms with E-state index in [2.05, 4.69) is 16.3 Å². The molecule has 4 nitrogen and oxygen atoms in total.